The van der Waals surface area contributed by atoms with E-state index in [4.69, 9.17) is 19.3 Å². The molecule has 122 valence electrons. The van der Waals surface area contributed by atoms with E-state index in [1.807, 2.05) is 6.92 Å². The van der Waals surface area contributed by atoms with Crippen molar-refractivity contribution in [2.24, 2.45) is 0 Å². The number of aliphatic carboxylic acids is 1. The fourth-order valence-corrected chi connectivity index (χ4v) is 1.68. The number of hydrogen-bond donors (Lipinski definition) is 2. The van der Waals surface area contributed by atoms with Crippen LogP contribution < -0.4 is 14.8 Å². The summed E-state index contributed by atoms with van der Waals surface area (Å²) in [6, 6.07) is 5.83. The van der Waals surface area contributed by atoms with Gasteiger partial charge in [0, 0.05) is 20.1 Å². The fraction of sp³-hybridized carbons (Fsp3) is 0.467. The van der Waals surface area contributed by atoms with Crippen molar-refractivity contribution in [1.29, 1.82) is 0 Å². The maximum Gasteiger partial charge on any atom is 0.326 e. The third-order valence-corrected chi connectivity index (χ3v) is 2.75. The number of carbonyl (C=O) groups is 2. The van der Waals surface area contributed by atoms with Gasteiger partial charge in [0.2, 0.25) is 0 Å². The summed E-state index contributed by atoms with van der Waals surface area (Å²) in [6.07, 6.45) is 0.195. The SMILES string of the molecule is CCOc1ccc(OCC(=O)NC(CCOC)C(=O)O)cc1. The van der Waals surface area contributed by atoms with Crippen LogP contribution in [0.15, 0.2) is 24.3 Å². The average molecular weight is 311 g/mol. The van der Waals surface area contributed by atoms with Crippen LogP contribution in [0.5, 0.6) is 11.5 Å². The molecule has 0 heterocycles. The molecule has 0 saturated carbocycles. The molecule has 7 nitrogen and oxygen atoms in total. The van der Waals surface area contributed by atoms with Gasteiger partial charge in [-0.2, -0.15) is 0 Å². The van der Waals surface area contributed by atoms with Crippen LogP contribution in [0.2, 0.25) is 0 Å². The van der Waals surface area contributed by atoms with E-state index >= 15 is 0 Å². The first-order valence-electron chi connectivity index (χ1n) is 6.93. The minimum Gasteiger partial charge on any atom is -0.494 e. The van der Waals surface area contributed by atoms with E-state index in [9.17, 15) is 9.59 Å². The number of benzene rings is 1. The third kappa shape index (κ3) is 6.45. The van der Waals surface area contributed by atoms with Gasteiger partial charge in [-0.15, -0.1) is 0 Å². The van der Waals surface area contributed by atoms with Gasteiger partial charge in [-0.1, -0.05) is 0 Å². The zero-order valence-electron chi connectivity index (χ0n) is 12.7. The number of nitrogens with one attached hydrogen (secondary N) is 1. The van der Waals surface area contributed by atoms with Crippen LogP contribution in [0, 0.1) is 0 Å². The monoisotopic (exact) mass is 311 g/mol. The topological polar surface area (TPSA) is 94.1 Å². The Bertz CT molecular complexity index is 473. The average Bonchev–Trinajstić information content (AvgIpc) is 2.50. The van der Waals surface area contributed by atoms with Crippen molar-refractivity contribution in [2.45, 2.75) is 19.4 Å². The highest BCUT2D eigenvalue weighted by atomic mass is 16.5. The number of methoxy groups -OCH3 is 1. The first-order valence-corrected chi connectivity index (χ1v) is 6.93. The Kier molecular flexibility index (Phi) is 7.77. The first kappa shape index (κ1) is 17.8. The first-order chi connectivity index (χ1) is 10.6. The van der Waals surface area contributed by atoms with Crippen LogP contribution >= 0.6 is 0 Å². The number of carbonyl (C=O) groups excluding carboxylic acids is 1. The van der Waals surface area contributed by atoms with E-state index in [1.165, 1.54) is 7.11 Å². The summed E-state index contributed by atoms with van der Waals surface area (Å²) in [5.74, 6) is -0.393. The zero-order chi connectivity index (χ0) is 16.4. The normalized spacial score (nSPS) is 11.5. The van der Waals surface area contributed by atoms with E-state index in [1.54, 1.807) is 24.3 Å². The molecular weight excluding hydrogens is 290 g/mol. The van der Waals surface area contributed by atoms with Gasteiger partial charge in [-0.3, -0.25) is 4.79 Å². The van der Waals surface area contributed by atoms with Gasteiger partial charge in [-0.25, -0.2) is 4.79 Å². The Morgan fingerprint density at radius 1 is 1.18 bits per heavy atom. The molecule has 0 bridgehead atoms. The smallest absolute Gasteiger partial charge is 0.326 e. The predicted octanol–water partition coefficient (Wildman–Crippen LogP) is 1.07. The number of amides is 1. The second kappa shape index (κ2) is 9.62. The molecule has 0 aliphatic heterocycles. The second-order valence-electron chi connectivity index (χ2n) is 4.43. The number of hydrogen-bond acceptors (Lipinski definition) is 5. The summed E-state index contributed by atoms with van der Waals surface area (Å²) in [6.45, 7) is 2.44. The molecule has 1 rings (SSSR count). The van der Waals surface area contributed by atoms with Gasteiger partial charge < -0.3 is 24.6 Å². The number of ether oxygens (including phenoxy) is 3. The van der Waals surface area contributed by atoms with Crippen LogP contribution in [0.25, 0.3) is 0 Å². The molecule has 0 radical (unpaired) electrons. The lowest BCUT2D eigenvalue weighted by molar-refractivity contribution is -0.142. The molecule has 2 N–H and O–H groups in total. The van der Waals surface area contributed by atoms with Gasteiger partial charge in [0.1, 0.15) is 17.5 Å². The van der Waals surface area contributed by atoms with Crippen molar-refractivity contribution in [1.82, 2.24) is 5.32 Å². The highest BCUT2D eigenvalue weighted by molar-refractivity contribution is 5.84. The molecule has 0 spiro atoms. The van der Waals surface area contributed by atoms with Crippen molar-refractivity contribution >= 4 is 11.9 Å². The zero-order valence-corrected chi connectivity index (χ0v) is 12.7. The summed E-state index contributed by atoms with van der Waals surface area (Å²) in [5, 5.41) is 11.4. The predicted molar refractivity (Wildman–Crippen MR) is 79.2 cm³/mol. The largest absolute Gasteiger partial charge is 0.494 e. The second-order valence-corrected chi connectivity index (χ2v) is 4.43. The summed E-state index contributed by atoms with van der Waals surface area (Å²) >= 11 is 0. The van der Waals surface area contributed by atoms with Crippen molar-refractivity contribution in [3.63, 3.8) is 0 Å². The quantitative estimate of drug-likeness (QED) is 0.671. The molecule has 1 aromatic rings. The molecule has 7 heteroatoms. The van der Waals surface area contributed by atoms with Gasteiger partial charge in [0.25, 0.3) is 5.91 Å². The molecule has 0 saturated heterocycles. The lowest BCUT2D eigenvalue weighted by Gasteiger charge is -2.14. The molecule has 0 aromatic heterocycles. The van der Waals surface area contributed by atoms with E-state index in [0.29, 0.717) is 18.1 Å². The van der Waals surface area contributed by atoms with Gasteiger partial charge >= 0.3 is 5.97 Å². The Morgan fingerprint density at radius 2 is 1.77 bits per heavy atom. The Hall–Kier alpha value is -2.28. The molecule has 1 aromatic carbocycles. The van der Waals surface area contributed by atoms with Crippen LogP contribution in [-0.2, 0) is 14.3 Å². The van der Waals surface area contributed by atoms with Gasteiger partial charge in [0.15, 0.2) is 6.61 Å². The fourth-order valence-electron chi connectivity index (χ4n) is 1.68. The summed E-state index contributed by atoms with van der Waals surface area (Å²) in [5.41, 5.74) is 0. The van der Waals surface area contributed by atoms with Crippen molar-refractivity contribution in [3.8, 4) is 11.5 Å². The van der Waals surface area contributed by atoms with Crippen molar-refractivity contribution in [3.05, 3.63) is 24.3 Å². The standard InChI is InChI=1S/C15H21NO6/c1-3-21-11-4-6-12(7-5-11)22-10-14(17)16-13(15(18)19)8-9-20-2/h4-7,13H,3,8-10H2,1-2H3,(H,16,17)(H,18,19). The number of carboxylic acid groups (broad SMARTS) is 1. The van der Waals surface area contributed by atoms with Crippen LogP contribution in [0.4, 0.5) is 0 Å². The number of carboxylic acids is 1. The molecule has 0 aliphatic carbocycles. The van der Waals surface area contributed by atoms with Crippen molar-refractivity contribution in [2.75, 3.05) is 26.9 Å². The minimum atomic E-state index is -1.11. The lowest BCUT2D eigenvalue weighted by atomic mass is 10.2. The van der Waals surface area contributed by atoms with E-state index in [0.717, 1.165) is 0 Å². The molecule has 1 amide bonds. The van der Waals surface area contributed by atoms with Gasteiger partial charge in [-0.05, 0) is 31.2 Å². The van der Waals surface area contributed by atoms with Crippen LogP contribution in [0.1, 0.15) is 13.3 Å². The molecular formula is C15H21NO6. The van der Waals surface area contributed by atoms with Crippen LogP contribution in [0.3, 0.4) is 0 Å². The van der Waals surface area contributed by atoms with Gasteiger partial charge in [0.05, 0.1) is 6.61 Å². The Morgan fingerprint density at radius 3 is 2.27 bits per heavy atom. The molecule has 22 heavy (non-hydrogen) atoms. The molecule has 1 atom stereocenters. The molecule has 1 unspecified atom stereocenters. The maximum absolute atomic E-state index is 11.7. The Labute approximate surface area is 129 Å². The van der Waals surface area contributed by atoms with E-state index < -0.39 is 17.9 Å². The Balaban J connectivity index is 2.42. The van der Waals surface area contributed by atoms with Crippen LogP contribution in [-0.4, -0.2) is 50.0 Å². The summed E-state index contributed by atoms with van der Waals surface area (Å²) in [7, 11) is 1.47. The van der Waals surface area contributed by atoms with E-state index in [2.05, 4.69) is 5.32 Å². The molecule has 0 aliphatic rings. The molecule has 0 fully saturated rings. The highest BCUT2D eigenvalue weighted by Gasteiger charge is 2.19. The van der Waals surface area contributed by atoms with Crippen molar-refractivity contribution < 1.29 is 28.9 Å². The van der Waals surface area contributed by atoms with E-state index in [-0.39, 0.29) is 19.6 Å². The summed E-state index contributed by atoms with van der Waals surface area (Å²) < 4.78 is 15.4. The maximum atomic E-state index is 11.7. The summed E-state index contributed by atoms with van der Waals surface area (Å²) in [4.78, 5) is 22.7. The number of rotatable bonds is 10. The minimum absolute atomic E-state index is 0.195. The lowest BCUT2D eigenvalue weighted by Crippen LogP contribution is -2.43. The highest BCUT2D eigenvalue weighted by Crippen LogP contribution is 2.17. The third-order valence-electron chi connectivity index (χ3n) is 2.75.